The third-order valence-electron chi connectivity index (χ3n) is 6.03. The average Bonchev–Trinajstić information content (AvgIpc) is 3.41. The average molecular weight is 406 g/mol. The minimum atomic E-state index is 0.145. The second kappa shape index (κ2) is 8.49. The molecule has 140 valence electrons. The Kier molecular flexibility index (Phi) is 6.07. The third kappa shape index (κ3) is 4.05. The molecule has 2 aliphatic rings. The van der Waals surface area contributed by atoms with Gasteiger partial charge in [-0.05, 0) is 67.0 Å². The minimum Gasteiger partial charge on any atom is -0.348 e. The van der Waals surface area contributed by atoms with Crippen molar-refractivity contribution in [2.75, 3.05) is 0 Å². The molecule has 0 aliphatic heterocycles. The maximum atomic E-state index is 12.9. The Balaban J connectivity index is 1.38. The van der Waals surface area contributed by atoms with E-state index in [1.165, 1.54) is 53.4 Å². The largest absolute Gasteiger partial charge is 0.348 e. The summed E-state index contributed by atoms with van der Waals surface area (Å²) in [4.78, 5) is 13.7. The minimum absolute atomic E-state index is 0.145. The molecule has 4 unspecified atom stereocenters. The molecule has 0 saturated heterocycles. The van der Waals surface area contributed by atoms with Crippen molar-refractivity contribution in [1.82, 2.24) is 5.32 Å². The molecule has 2 fully saturated rings. The number of hydrogen-bond donors (Lipinski definition) is 1. The van der Waals surface area contributed by atoms with Crippen LogP contribution < -0.4 is 5.32 Å². The van der Waals surface area contributed by atoms with Crippen LogP contribution in [0, 0.1) is 17.8 Å². The molecule has 4 atom stereocenters. The molecule has 4 rings (SSSR count). The van der Waals surface area contributed by atoms with Gasteiger partial charge in [0.05, 0.1) is 13.3 Å². The van der Waals surface area contributed by atoms with E-state index >= 15 is 0 Å². The zero-order chi connectivity index (χ0) is 17.9. The van der Waals surface area contributed by atoms with Crippen molar-refractivity contribution in [3.63, 3.8) is 0 Å². The Labute approximate surface area is 168 Å². The van der Waals surface area contributed by atoms with Crippen LogP contribution in [0.15, 0.2) is 38.1 Å². The summed E-state index contributed by atoms with van der Waals surface area (Å²) in [6.45, 7) is 2.27. The molecule has 0 aromatic carbocycles. The van der Waals surface area contributed by atoms with Crippen molar-refractivity contribution in [3.8, 4) is 0 Å². The number of nitrogens with one attached hydrogen (secondary N) is 1. The second-order valence-electron chi connectivity index (χ2n) is 7.64. The molecule has 2 aromatic heterocycles. The highest BCUT2D eigenvalue weighted by Gasteiger charge is 2.47. The Morgan fingerprint density at radius 1 is 1.19 bits per heavy atom. The second-order valence-corrected chi connectivity index (χ2v) is 11.3. The Morgan fingerprint density at radius 3 is 2.88 bits per heavy atom. The van der Waals surface area contributed by atoms with E-state index in [2.05, 4.69) is 35.8 Å². The Bertz CT molecular complexity index is 723. The van der Waals surface area contributed by atoms with Crippen molar-refractivity contribution >= 4 is 40.3 Å². The number of carbonyl (C=O) groups excluding carboxylic acids is 1. The van der Waals surface area contributed by atoms with Crippen molar-refractivity contribution in [3.05, 3.63) is 34.5 Å². The first-order valence-corrected chi connectivity index (χ1v) is 12.4. The van der Waals surface area contributed by atoms with Crippen LogP contribution in [0.3, 0.4) is 0 Å². The molecule has 1 N–H and O–H groups in total. The fourth-order valence-corrected chi connectivity index (χ4v) is 7.88. The van der Waals surface area contributed by atoms with E-state index in [-0.39, 0.29) is 5.91 Å². The summed E-state index contributed by atoms with van der Waals surface area (Å²) in [7, 11) is 0. The maximum absolute atomic E-state index is 12.9. The molecule has 2 aliphatic carbocycles. The first-order valence-electron chi connectivity index (χ1n) is 9.86. The summed E-state index contributed by atoms with van der Waals surface area (Å²) in [5.74, 6) is 2.43. The highest BCUT2D eigenvalue weighted by molar-refractivity contribution is 8.02. The first kappa shape index (κ1) is 18.6. The fraction of sp³-hybridized carbons (Fsp3) is 0.571. The SMILES string of the molecule is CCCCCC1C2CCC(C2)C1NC(=O)c1ccc(Sc2cccs2)s1. The highest BCUT2D eigenvalue weighted by Crippen LogP contribution is 2.50. The summed E-state index contributed by atoms with van der Waals surface area (Å²) >= 11 is 5.13. The van der Waals surface area contributed by atoms with E-state index in [9.17, 15) is 4.79 Å². The van der Waals surface area contributed by atoms with Crippen LogP contribution in [-0.2, 0) is 0 Å². The summed E-state index contributed by atoms with van der Waals surface area (Å²) in [5.41, 5.74) is 0. The van der Waals surface area contributed by atoms with Gasteiger partial charge in [0.1, 0.15) is 0 Å². The molecular weight excluding hydrogens is 378 g/mol. The van der Waals surface area contributed by atoms with Crippen LogP contribution in [0.1, 0.15) is 61.5 Å². The van der Waals surface area contributed by atoms with Crippen molar-refractivity contribution in [1.29, 1.82) is 0 Å². The van der Waals surface area contributed by atoms with Crippen LogP contribution in [-0.4, -0.2) is 11.9 Å². The fourth-order valence-electron chi connectivity index (χ4n) is 4.82. The van der Waals surface area contributed by atoms with E-state index in [0.717, 1.165) is 16.7 Å². The molecule has 2 bridgehead atoms. The van der Waals surface area contributed by atoms with Gasteiger partial charge in [-0.3, -0.25) is 4.79 Å². The van der Waals surface area contributed by atoms with E-state index in [0.29, 0.717) is 12.0 Å². The predicted molar refractivity (Wildman–Crippen MR) is 112 cm³/mol. The van der Waals surface area contributed by atoms with Gasteiger partial charge in [0.2, 0.25) is 0 Å². The first-order chi connectivity index (χ1) is 12.7. The van der Waals surface area contributed by atoms with E-state index < -0.39 is 0 Å². The number of amides is 1. The van der Waals surface area contributed by atoms with Gasteiger partial charge in [0.25, 0.3) is 5.91 Å². The van der Waals surface area contributed by atoms with Crippen LogP contribution in [0.2, 0.25) is 0 Å². The molecule has 2 aromatic rings. The molecule has 2 nitrogen and oxygen atoms in total. The van der Waals surface area contributed by atoms with Crippen molar-refractivity contribution in [2.24, 2.45) is 17.8 Å². The number of hydrogen-bond acceptors (Lipinski definition) is 4. The van der Waals surface area contributed by atoms with E-state index in [1.54, 1.807) is 34.4 Å². The van der Waals surface area contributed by atoms with Gasteiger partial charge < -0.3 is 5.32 Å². The van der Waals surface area contributed by atoms with Crippen molar-refractivity contribution in [2.45, 2.75) is 66.3 Å². The van der Waals surface area contributed by atoms with Gasteiger partial charge in [-0.1, -0.05) is 44.0 Å². The zero-order valence-corrected chi connectivity index (χ0v) is 17.7. The van der Waals surface area contributed by atoms with Gasteiger partial charge in [-0.15, -0.1) is 22.7 Å². The number of fused-ring (bicyclic) bond motifs is 2. The lowest BCUT2D eigenvalue weighted by Gasteiger charge is -2.31. The van der Waals surface area contributed by atoms with Crippen LogP contribution in [0.25, 0.3) is 0 Å². The van der Waals surface area contributed by atoms with E-state index in [4.69, 9.17) is 0 Å². The van der Waals surface area contributed by atoms with Crippen molar-refractivity contribution < 1.29 is 4.79 Å². The lowest BCUT2D eigenvalue weighted by molar-refractivity contribution is 0.0900. The Morgan fingerprint density at radius 2 is 2.08 bits per heavy atom. The van der Waals surface area contributed by atoms with Gasteiger partial charge in [-0.2, -0.15) is 0 Å². The molecule has 26 heavy (non-hydrogen) atoms. The van der Waals surface area contributed by atoms with Crippen LogP contribution in [0.4, 0.5) is 0 Å². The smallest absolute Gasteiger partial charge is 0.261 e. The number of rotatable bonds is 8. The molecule has 2 heterocycles. The van der Waals surface area contributed by atoms with Gasteiger partial charge >= 0.3 is 0 Å². The lowest BCUT2D eigenvalue weighted by atomic mass is 9.81. The topological polar surface area (TPSA) is 29.1 Å². The monoisotopic (exact) mass is 405 g/mol. The van der Waals surface area contributed by atoms with E-state index in [1.807, 2.05) is 6.07 Å². The summed E-state index contributed by atoms with van der Waals surface area (Å²) in [5, 5.41) is 5.54. The summed E-state index contributed by atoms with van der Waals surface area (Å²) < 4.78 is 2.48. The molecular formula is C21H27NOS3. The zero-order valence-electron chi connectivity index (χ0n) is 15.3. The number of carbonyl (C=O) groups is 1. The quantitative estimate of drug-likeness (QED) is 0.496. The highest BCUT2D eigenvalue weighted by atomic mass is 32.2. The normalized spacial score (nSPS) is 27.1. The standard InChI is InChI=1S/C21H27NOS3/c1-2-3-4-6-16-14-8-9-15(13-14)20(16)22-21(23)17-10-11-19(25-17)26-18-7-5-12-24-18/h5,7,10-12,14-16,20H,2-4,6,8-9,13H2,1H3,(H,22,23). The van der Waals surface area contributed by atoms with Gasteiger partial charge in [0.15, 0.2) is 0 Å². The van der Waals surface area contributed by atoms with Gasteiger partial charge in [-0.25, -0.2) is 0 Å². The Hall–Kier alpha value is -0.780. The number of thiophene rings is 2. The summed E-state index contributed by atoms with van der Waals surface area (Å²) in [6.07, 6.45) is 9.24. The molecule has 5 heteroatoms. The predicted octanol–water partition coefficient (Wildman–Crippen LogP) is 6.69. The van der Waals surface area contributed by atoms with Crippen LogP contribution in [0.5, 0.6) is 0 Å². The van der Waals surface area contributed by atoms with Crippen LogP contribution >= 0.6 is 34.4 Å². The third-order valence-corrected chi connectivity index (χ3v) is 9.28. The molecule has 2 saturated carbocycles. The molecule has 0 spiro atoms. The lowest BCUT2D eigenvalue weighted by Crippen LogP contribution is -2.43. The van der Waals surface area contributed by atoms with Gasteiger partial charge in [0, 0.05) is 6.04 Å². The maximum Gasteiger partial charge on any atom is 0.261 e. The number of unbranched alkanes of at least 4 members (excludes halogenated alkanes) is 2. The molecule has 0 radical (unpaired) electrons. The molecule has 1 amide bonds. The summed E-state index contributed by atoms with van der Waals surface area (Å²) in [6, 6.07) is 8.69.